The van der Waals surface area contributed by atoms with Crippen LogP contribution < -0.4 is 10.2 Å². The summed E-state index contributed by atoms with van der Waals surface area (Å²) in [4.78, 5) is 2.08. The zero-order chi connectivity index (χ0) is 15.2. The van der Waals surface area contributed by atoms with E-state index in [9.17, 15) is 5.11 Å². The second-order valence-corrected chi connectivity index (χ2v) is 5.59. The van der Waals surface area contributed by atoms with E-state index in [0.29, 0.717) is 0 Å². The van der Waals surface area contributed by atoms with Gasteiger partial charge in [0.2, 0.25) is 0 Å². The van der Waals surface area contributed by atoms with Crippen molar-refractivity contribution in [2.24, 2.45) is 0 Å². The van der Waals surface area contributed by atoms with Gasteiger partial charge in [-0.2, -0.15) is 0 Å². The summed E-state index contributed by atoms with van der Waals surface area (Å²) in [6.45, 7) is 2.75. The Balaban J connectivity index is 1.90. The van der Waals surface area contributed by atoms with E-state index in [1.165, 1.54) is 11.3 Å². The fraction of sp³-hybridized carbons (Fsp3) is 0.333. The molecule has 0 bridgehead atoms. The summed E-state index contributed by atoms with van der Waals surface area (Å²) in [6.07, 6.45) is -0.493. The van der Waals surface area contributed by atoms with Gasteiger partial charge in [0.15, 0.2) is 0 Å². The standard InChI is InChI=1S/C18H24N2O/c1-14(18(21)16-7-5-4-6-8-16)19-13-15-9-11-17(12-10-15)20(2)3/h4-12,14,18-19,21H,13H2,1-3H3/t14-,18-/m0/s1. The summed E-state index contributed by atoms with van der Waals surface area (Å²) in [7, 11) is 4.07. The smallest absolute Gasteiger partial charge is 0.0940 e. The van der Waals surface area contributed by atoms with E-state index in [-0.39, 0.29) is 6.04 Å². The molecule has 0 saturated heterocycles. The lowest BCUT2D eigenvalue weighted by atomic mass is 10.0. The number of anilines is 1. The summed E-state index contributed by atoms with van der Waals surface area (Å²) in [5.41, 5.74) is 3.35. The largest absolute Gasteiger partial charge is 0.387 e. The minimum Gasteiger partial charge on any atom is -0.387 e. The highest BCUT2D eigenvalue weighted by Crippen LogP contribution is 2.17. The van der Waals surface area contributed by atoms with Gasteiger partial charge in [0.25, 0.3) is 0 Å². The minimum atomic E-state index is -0.493. The first kappa shape index (κ1) is 15.5. The molecule has 0 aliphatic carbocycles. The molecule has 0 aliphatic heterocycles. The number of benzene rings is 2. The van der Waals surface area contributed by atoms with Gasteiger partial charge in [0, 0.05) is 32.4 Å². The summed E-state index contributed by atoms with van der Waals surface area (Å²) in [6, 6.07) is 18.2. The Morgan fingerprint density at radius 1 is 1.00 bits per heavy atom. The highest BCUT2D eigenvalue weighted by molar-refractivity contribution is 5.45. The van der Waals surface area contributed by atoms with E-state index in [1.807, 2.05) is 51.4 Å². The van der Waals surface area contributed by atoms with Crippen LogP contribution in [0.15, 0.2) is 54.6 Å². The molecule has 2 rings (SSSR count). The maximum absolute atomic E-state index is 10.3. The molecular formula is C18H24N2O. The van der Waals surface area contributed by atoms with Gasteiger partial charge in [-0.15, -0.1) is 0 Å². The molecule has 0 radical (unpaired) electrons. The molecule has 0 aromatic heterocycles. The Morgan fingerprint density at radius 3 is 2.19 bits per heavy atom. The molecule has 0 unspecified atom stereocenters. The van der Waals surface area contributed by atoms with Gasteiger partial charge < -0.3 is 15.3 Å². The van der Waals surface area contributed by atoms with Crippen molar-refractivity contribution in [3.8, 4) is 0 Å². The van der Waals surface area contributed by atoms with Gasteiger partial charge in [-0.1, -0.05) is 42.5 Å². The molecule has 2 N–H and O–H groups in total. The maximum atomic E-state index is 10.3. The van der Waals surface area contributed by atoms with Crippen LogP contribution in [0.5, 0.6) is 0 Å². The number of nitrogens with zero attached hydrogens (tertiary/aromatic N) is 1. The van der Waals surface area contributed by atoms with Crippen molar-refractivity contribution in [1.29, 1.82) is 0 Å². The van der Waals surface area contributed by atoms with Crippen molar-refractivity contribution in [2.75, 3.05) is 19.0 Å². The van der Waals surface area contributed by atoms with E-state index in [1.54, 1.807) is 0 Å². The molecule has 0 fully saturated rings. The first-order chi connectivity index (χ1) is 10.1. The molecule has 112 valence electrons. The lowest BCUT2D eigenvalue weighted by molar-refractivity contribution is 0.135. The SMILES string of the molecule is C[C@H](NCc1ccc(N(C)C)cc1)[C@H](O)c1ccccc1. The van der Waals surface area contributed by atoms with Crippen LogP contribution in [0.1, 0.15) is 24.2 Å². The van der Waals surface area contributed by atoms with Crippen LogP contribution in [0.4, 0.5) is 5.69 Å². The lowest BCUT2D eigenvalue weighted by Crippen LogP contribution is -2.31. The van der Waals surface area contributed by atoms with Crippen molar-refractivity contribution in [2.45, 2.75) is 25.6 Å². The second-order valence-electron chi connectivity index (χ2n) is 5.59. The van der Waals surface area contributed by atoms with Crippen LogP contribution in [-0.4, -0.2) is 25.2 Å². The lowest BCUT2D eigenvalue weighted by Gasteiger charge is -2.21. The average Bonchev–Trinajstić information content (AvgIpc) is 2.53. The third kappa shape index (κ3) is 4.31. The van der Waals surface area contributed by atoms with Crippen molar-refractivity contribution in [3.63, 3.8) is 0 Å². The van der Waals surface area contributed by atoms with Gasteiger partial charge in [-0.25, -0.2) is 0 Å². The fourth-order valence-corrected chi connectivity index (χ4v) is 2.24. The number of aliphatic hydroxyl groups is 1. The third-order valence-electron chi connectivity index (χ3n) is 3.70. The normalized spacial score (nSPS) is 13.7. The average molecular weight is 284 g/mol. The van der Waals surface area contributed by atoms with E-state index in [4.69, 9.17) is 0 Å². The quantitative estimate of drug-likeness (QED) is 0.856. The van der Waals surface area contributed by atoms with Crippen LogP contribution in [0.3, 0.4) is 0 Å². The molecule has 0 amide bonds. The van der Waals surface area contributed by atoms with E-state index in [2.05, 4.69) is 34.5 Å². The van der Waals surface area contributed by atoms with Crippen LogP contribution in [0, 0.1) is 0 Å². The van der Waals surface area contributed by atoms with Gasteiger partial charge in [0.05, 0.1) is 6.10 Å². The number of hydrogen-bond donors (Lipinski definition) is 2. The number of rotatable bonds is 6. The number of aliphatic hydroxyl groups excluding tert-OH is 1. The van der Waals surface area contributed by atoms with Gasteiger partial charge in [-0.05, 0) is 30.2 Å². The molecule has 3 heteroatoms. The Hall–Kier alpha value is -1.84. The maximum Gasteiger partial charge on any atom is 0.0940 e. The summed E-state index contributed by atoms with van der Waals surface area (Å²) >= 11 is 0. The second kappa shape index (κ2) is 7.25. The Bertz CT molecular complexity index is 537. The van der Waals surface area contributed by atoms with Gasteiger partial charge >= 0.3 is 0 Å². The summed E-state index contributed by atoms with van der Waals surface area (Å²) in [5.74, 6) is 0. The number of nitrogens with one attached hydrogen (secondary N) is 1. The van der Waals surface area contributed by atoms with E-state index in [0.717, 1.165) is 12.1 Å². The van der Waals surface area contributed by atoms with Crippen LogP contribution in [0.2, 0.25) is 0 Å². The monoisotopic (exact) mass is 284 g/mol. The Kier molecular flexibility index (Phi) is 5.37. The molecule has 21 heavy (non-hydrogen) atoms. The van der Waals surface area contributed by atoms with Crippen molar-refractivity contribution in [3.05, 3.63) is 65.7 Å². The molecule has 0 heterocycles. The Morgan fingerprint density at radius 2 is 1.62 bits per heavy atom. The highest BCUT2D eigenvalue weighted by Gasteiger charge is 2.15. The fourth-order valence-electron chi connectivity index (χ4n) is 2.24. The molecule has 0 aliphatic rings. The molecule has 0 saturated carbocycles. The van der Waals surface area contributed by atoms with Crippen LogP contribution >= 0.6 is 0 Å². The first-order valence-electron chi connectivity index (χ1n) is 7.30. The third-order valence-corrected chi connectivity index (χ3v) is 3.70. The van der Waals surface area contributed by atoms with E-state index >= 15 is 0 Å². The molecule has 0 spiro atoms. The predicted molar refractivity (Wildman–Crippen MR) is 88.5 cm³/mol. The highest BCUT2D eigenvalue weighted by atomic mass is 16.3. The van der Waals surface area contributed by atoms with Crippen molar-refractivity contribution >= 4 is 5.69 Å². The van der Waals surface area contributed by atoms with Crippen molar-refractivity contribution < 1.29 is 5.11 Å². The Labute approximate surface area is 127 Å². The van der Waals surface area contributed by atoms with Crippen LogP contribution in [0.25, 0.3) is 0 Å². The zero-order valence-corrected chi connectivity index (χ0v) is 13.0. The molecule has 2 atom stereocenters. The van der Waals surface area contributed by atoms with Crippen LogP contribution in [-0.2, 0) is 6.54 Å². The molecule has 2 aromatic carbocycles. The zero-order valence-electron chi connectivity index (χ0n) is 13.0. The number of hydrogen-bond acceptors (Lipinski definition) is 3. The summed E-state index contributed by atoms with van der Waals surface area (Å²) in [5, 5.41) is 13.7. The summed E-state index contributed by atoms with van der Waals surface area (Å²) < 4.78 is 0. The van der Waals surface area contributed by atoms with Crippen molar-refractivity contribution in [1.82, 2.24) is 5.32 Å². The molecule has 3 nitrogen and oxygen atoms in total. The van der Waals surface area contributed by atoms with Gasteiger partial charge in [0.1, 0.15) is 0 Å². The predicted octanol–water partition coefficient (Wildman–Crippen LogP) is 2.96. The topological polar surface area (TPSA) is 35.5 Å². The minimum absolute atomic E-state index is 0.000857. The molecular weight excluding hydrogens is 260 g/mol. The molecule has 2 aromatic rings. The van der Waals surface area contributed by atoms with E-state index < -0.39 is 6.10 Å². The van der Waals surface area contributed by atoms with Gasteiger partial charge in [-0.3, -0.25) is 0 Å². The first-order valence-corrected chi connectivity index (χ1v) is 7.30.